The van der Waals surface area contributed by atoms with Gasteiger partial charge in [-0.05, 0) is 58.8 Å². The Morgan fingerprint density at radius 2 is 1.65 bits per heavy atom. The molecule has 0 aromatic carbocycles. The minimum atomic E-state index is -1.10. The van der Waals surface area contributed by atoms with Crippen molar-refractivity contribution in [1.82, 2.24) is 15.5 Å². The Morgan fingerprint density at radius 3 is 2.21 bits per heavy atom. The Hall–Kier alpha value is -2.65. The number of Topliss-reactive ketones (excluding diaryl/α,β-unsaturated/α-hetero) is 1. The monoisotopic (exact) mass is 480 g/mol. The van der Waals surface area contributed by atoms with E-state index in [0.717, 1.165) is 32.1 Å². The molecule has 2 fully saturated rings. The van der Waals surface area contributed by atoms with Crippen LogP contribution < -0.4 is 16.4 Å². The molecule has 34 heavy (non-hydrogen) atoms. The average molecular weight is 481 g/mol. The van der Waals surface area contributed by atoms with Crippen LogP contribution in [0.4, 0.5) is 4.79 Å². The first kappa shape index (κ1) is 27.6. The number of carbonyl (C=O) groups excluding carboxylic acids is 5. The number of amides is 4. The number of nitrogens with two attached hydrogens (primary N) is 1. The number of carbonyl (C=O) groups is 5. The number of ketones is 1. The molecule has 1 aliphatic carbocycles. The third-order valence-corrected chi connectivity index (χ3v) is 6.35. The molecule has 4 amide bonds. The van der Waals surface area contributed by atoms with Gasteiger partial charge in [0.25, 0.3) is 5.91 Å². The number of hydrogen-bond acceptors (Lipinski definition) is 6. The van der Waals surface area contributed by atoms with E-state index < -0.39 is 47.4 Å². The summed E-state index contributed by atoms with van der Waals surface area (Å²) in [4.78, 5) is 64.2. The van der Waals surface area contributed by atoms with Crippen LogP contribution >= 0.6 is 0 Å². The predicted molar refractivity (Wildman–Crippen MR) is 126 cm³/mol. The van der Waals surface area contributed by atoms with Crippen molar-refractivity contribution >= 4 is 29.6 Å². The van der Waals surface area contributed by atoms with Crippen molar-refractivity contribution in [2.45, 2.75) is 109 Å². The topological polar surface area (TPSA) is 148 Å². The highest BCUT2D eigenvalue weighted by molar-refractivity contribution is 6.37. The fourth-order valence-electron chi connectivity index (χ4n) is 4.76. The number of nitrogens with zero attached hydrogens (tertiary/aromatic N) is 1. The number of alkyl carbamates (subject to hydrolysis) is 1. The zero-order chi connectivity index (χ0) is 25.5. The molecule has 2 rings (SSSR count). The second-order valence-corrected chi connectivity index (χ2v) is 10.3. The highest BCUT2D eigenvalue weighted by Crippen LogP contribution is 2.29. The molecule has 1 heterocycles. The van der Waals surface area contributed by atoms with Crippen molar-refractivity contribution in [2.75, 3.05) is 6.54 Å². The lowest BCUT2D eigenvalue weighted by atomic mass is 9.83. The number of rotatable bonds is 9. The van der Waals surface area contributed by atoms with Gasteiger partial charge >= 0.3 is 6.09 Å². The van der Waals surface area contributed by atoms with E-state index in [-0.39, 0.29) is 18.2 Å². The molecular formula is C24H40N4O6. The lowest BCUT2D eigenvalue weighted by molar-refractivity contribution is -0.143. The van der Waals surface area contributed by atoms with Gasteiger partial charge in [-0.25, -0.2) is 4.79 Å². The zero-order valence-electron chi connectivity index (χ0n) is 20.9. The van der Waals surface area contributed by atoms with Gasteiger partial charge in [0.15, 0.2) is 0 Å². The predicted octanol–water partition coefficient (Wildman–Crippen LogP) is 1.79. The van der Waals surface area contributed by atoms with Crippen LogP contribution in [0.25, 0.3) is 0 Å². The number of primary amides is 1. The van der Waals surface area contributed by atoms with E-state index in [0.29, 0.717) is 25.8 Å². The molecule has 0 bridgehead atoms. The average Bonchev–Trinajstić information content (AvgIpc) is 3.25. The summed E-state index contributed by atoms with van der Waals surface area (Å²) in [6.07, 6.45) is 5.90. The summed E-state index contributed by atoms with van der Waals surface area (Å²) in [5, 5.41) is 5.40. The summed E-state index contributed by atoms with van der Waals surface area (Å²) in [6, 6.07) is -2.58. The van der Waals surface area contributed by atoms with Gasteiger partial charge in [-0.1, -0.05) is 32.6 Å². The third kappa shape index (κ3) is 7.70. The van der Waals surface area contributed by atoms with E-state index in [1.165, 1.54) is 4.90 Å². The summed E-state index contributed by atoms with van der Waals surface area (Å²) < 4.78 is 5.39. The Balaban J connectivity index is 2.18. The van der Waals surface area contributed by atoms with Crippen molar-refractivity contribution in [3.8, 4) is 0 Å². The minimum Gasteiger partial charge on any atom is -0.444 e. The molecular weight excluding hydrogens is 440 g/mol. The summed E-state index contributed by atoms with van der Waals surface area (Å²) in [6.45, 7) is 7.47. The lowest BCUT2D eigenvalue weighted by Crippen LogP contribution is -2.58. The number of ether oxygens (including phenoxy) is 1. The van der Waals surface area contributed by atoms with Crippen LogP contribution in [0.15, 0.2) is 0 Å². The number of hydrogen-bond donors (Lipinski definition) is 3. The largest absolute Gasteiger partial charge is 0.444 e. The van der Waals surface area contributed by atoms with Gasteiger partial charge in [-0.2, -0.15) is 0 Å². The SMILES string of the molecule is CCCC(NC(=O)[C@@H]1CCCN1C(=O)[C@@H](NC(=O)OC(C)(C)C)C1CCCCC1)C(=O)C(N)=O. The first-order chi connectivity index (χ1) is 15.9. The summed E-state index contributed by atoms with van der Waals surface area (Å²) in [5.74, 6) is -2.79. The zero-order valence-corrected chi connectivity index (χ0v) is 20.9. The highest BCUT2D eigenvalue weighted by atomic mass is 16.6. The summed E-state index contributed by atoms with van der Waals surface area (Å²) in [5.41, 5.74) is 4.42. The lowest BCUT2D eigenvalue weighted by Gasteiger charge is -2.35. The first-order valence-corrected chi connectivity index (χ1v) is 12.4. The van der Waals surface area contributed by atoms with Gasteiger partial charge in [0.2, 0.25) is 17.6 Å². The highest BCUT2D eigenvalue weighted by Gasteiger charge is 2.42. The van der Waals surface area contributed by atoms with E-state index in [2.05, 4.69) is 10.6 Å². The van der Waals surface area contributed by atoms with E-state index in [9.17, 15) is 24.0 Å². The molecule has 1 saturated carbocycles. The van der Waals surface area contributed by atoms with E-state index in [1.54, 1.807) is 20.8 Å². The maximum atomic E-state index is 13.6. The van der Waals surface area contributed by atoms with Crippen molar-refractivity contribution in [3.63, 3.8) is 0 Å². The van der Waals surface area contributed by atoms with Crippen LogP contribution in [0, 0.1) is 5.92 Å². The van der Waals surface area contributed by atoms with Gasteiger partial charge in [0.1, 0.15) is 17.7 Å². The molecule has 0 aromatic heterocycles. The molecule has 10 heteroatoms. The van der Waals surface area contributed by atoms with Crippen LogP contribution in [0.5, 0.6) is 0 Å². The van der Waals surface area contributed by atoms with Crippen LogP contribution in [0.1, 0.15) is 85.5 Å². The fraction of sp³-hybridized carbons (Fsp3) is 0.792. The van der Waals surface area contributed by atoms with Crippen molar-refractivity contribution < 1.29 is 28.7 Å². The molecule has 2 aliphatic rings. The number of likely N-dealkylation sites (tertiary alicyclic amines) is 1. The third-order valence-electron chi connectivity index (χ3n) is 6.35. The smallest absolute Gasteiger partial charge is 0.408 e. The second-order valence-electron chi connectivity index (χ2n) is 10.3. The molecule has 0 spiro atoms. The van der Waals surface area contributed by atoms with Crippen LogP contribution in [-0.4, -0.2) is 64.8 Å². The van der Waals surface area contributed by atoms with Gasteiger partial charge < -0.3 is 26.0 Å². The van der Waals surface area contributed by atoms with E-state index >= 15 is 0 Å². The van der Waals surface area contributed by atoms with Crippen molar-refractivity contribution in [2.24, 2.45) is 11.7 Å². The molecule has 10 nitrogen and oxygen atoms in total. The molecule has 4 N–H and O–H groups in total. The van der Waals surface area contributed by atoms with Gasteiger partial charge in [0.05, 0.1) is 6.04 Å². The van der Waals surface area contributed by atoms with Crippen LogP contribution in [-0.2, 0) is 23.9 Å². The summed E-state index contributed by atoms with van der Waals surface area (Å²) in [7, 11) is 0. The van der Waals surface area contributed by atoms with Gasteiger partial charge in [0, 0.05) is 6.54 Å². The number of nitrogens with one attached hydrogen (secondary N) is 2. The Bertz CT molecular complexity index is 772. The molecule has 192 valence electrons. The Labute approximate surface area is 201 Å². The van der Waals surface area contributed by atoms with Crippen molar-refractivity contribution in [3.05, 3.63) is 0 Å². The molecule has 1 unspecified atom stereocenters. The maximum absolute atomic E-state index is 13.6. The minimum absolute atomic E-state index is 0.0395. The van der Waals surface area contributed by atoms with Crippen molar-refractivity contribution in [1.29, 1.82) is 0 Å². The van der Waals surface area contributed by atoms with E-state index in [1.807, 2.05) is 6.92 Å². The molecule has 1 saturated heterocycles. The van der Waals surface area contributed by atoms with Gasteiger partial charge in [-0.15, -0.1) is 0 Å². The standard InChI is InChI=1S/C24H40N4O6/c1-5-10-16(19(29)20(25)30)26-21(31)17-13-9-14-28(17)22(32)18(15-11-7-6-8-12-15)27-23(33)34-24(2,3)4/h15-18H,5-14H2,1-4H3,(H2,25,30)(H,26,31)(H,27,33)/t16?,17-,18-/m0/s1. The maximum Gasteiger partial charge on any atom is 0.408 e. The van der Waals surface area contributed by atoms with Crippen LogP contribution in [0.3, 0.4) is 0 Å². The quantitative estimate of drug-likeness (QED) is 0.429. The fourth-order valence-corrected chi connectivity index (χ4v) is 4.76. The molecule has 0 radical (unpaired) electrons. The Morgan fingerprint density at radius 1 is 1.00 bits per heavy atom. The van der Waals surface area contributed by atoms with Crippen LogP contribution in [0.2, 0.25) is 0 Å². The first-order valence-electron chi connectivity index (χ1n) is 12.4. The molecule has 0 aromatic rings. The normalized spacial score (nSPS) is 20.8. The molecule has 3 atom stereocenters. The molecule has 1 aliphatic heterocycles. The Kier molecular flexibility index (Phi) is 9.88. The summed E-state index contributed by atoms with van der Waals surface area (Å²) >= 11 is 0. The van der Waals surface area contributed by atoms with Gasteiger partial charge in [-0.3, -0.25) is 19.2 Å². The van der Waals surface area contributed by atoms with E-state index in [4.69, 9.17) is 10.5 Å². The second kappa shape index (κ2) is 12.2.